The molecule has 166 valence electrons. The Balaban J connectivity index is 1.35. The maximum Gasteiger partial charge on any atom is 0.266 e. The van der Waals surface area contributed by atoms with Crippen molar-refractivity contribution in [3.63, 3.8) is 0 Å². The Hall–Kier alpha value is -3.16. The topological polar surface area (TPSA) is 79.4 Å². The second-order valence-electron chi connectivity index (χ2n) is 7.99. The molecule has 1 aliphatic carbocycles. The van der Waals surface area contributed by atoms with E-state index in [1.165, 1.54) is 12.8 Å². The minimum atomic E-state index is -0.418. The highest BCUT2D eigenvalue weighted by molar-refractivity contribution is 7.99. The molecule has 0 saturated heterocycles. The van der Waals surface area contributed by atoms with E-state index in [2.05, 4.69) is 10.3 Å². The molecule has 0 bridgehead atoms. The number of benzene rings is 2. The smallest absolute Gasteiger partial charge is 0.266 e. The van der Waals surface area contributed by atoms with E-state index in [1.54, 1.807) is 72.6 Å². The third-order valence-electron chi connectivity index (χ3n) is 5.84. The molecule has 1 aliphatic heterocycles. The van der Waals surface area contributed by atoms with Crippen molar-refractivity contribution in [2.45, 2.75) is 36.0 Å². The van der Waals surface area contributed by atoms with Crippen LogP contribution in [0.25, 0.3) is 0 Å². The number of anilines is 2. The second-order valence-corrected chi connectivity index (χ2v) is 9.69. The number of carbonyl (C=O) groups excluding carboxylic acids is 3. The minimum absolute atomic E-state index is 0.189. The van der Waals surface area contributed by atoms with Crippen molar-refractivity contribution < 1.29 is 14.4 Å². The number of rotatable bonds is 5. The number of imide groups is 1. The fourth-order valence-corrected chi connectivity index (χ4v) is 5.75. The Morgan fingerprint density at radius 1 is 1.00 bits per heavy atom. The summed E-state index contributed by atoms with van der Waals surface area (Å²) in [6, 6.07) is 14.9. The Kier molecular flexibility index (Phi) is 5.91. The summed E-state index contributed by atoms with van der Waals surface area (Å²) in [6.45, 7) is 0. The van der Waals surface area contributed by atoms with Crippen molar-refractivity contribution in [2.24, 2.45) is 0 Å². The molecule has 6 nitrogen and oxygen atoms in total. The van der Waals surface area contributed by atoms with Crippen molar-refractivity contribution >= 4 is 52.5 Å². The fraction of sp³-hybridized carbons (Fsp3) is 0.200. The molecule has 1 saturated carbocycles. The van der Waals surface area contributed by atoms with Crippen LogP contribution in [0.1, 0.15) is 56.8 Å². The zero-order valence-electron chi connectivity index (χ0n) is 17.6. The molecule has 1 fully saturated rings. The highest BCUT2D eigenvalue weighted by Gasteiger charge is 2.37. The number of thioether (sulfide) groups is 1. The zero-order valence-corrected chi connectivity index (χ0v) is 19.2. The molecule has 1 aromatic heterocycles. The molecule has 2 aliphatic rings. The highest BCUT2D eigenvalue weighted by atomic mass is 35.5. The van der Waals surface area contributed by atoms with Gasteiger partial charge in [0, 0.05) is 17.1 Å². The molecule has 1 N–H and O–H groups in total. The predicted molar refractivity (Wildman–Crippen MR) is 129 cm³/mol. The predicted octanol–water partition coefficient (Wildman–Crippen LogP) is 5.82. The van der Waals surface area contributed by atoms with Gasteiger partial charge in [-0.3, -0.25) is 14.4 Å². The van der Waals surface area contributed by atoms with Gasteiger partial charge in [0.25, 0.3) is 17.7 Å². The van der Waals surface area contributed by atoms with Crippen LogP contribution in [-0.4, -0.2) is 28.0 Å². The molecule has 3 amide bonds. The number of hydrogen-bond donors (Lipinski definition) is 1. The summed E-state index contributed by atoms with van der Waals surface area (Å²) < 4.78 is 0. The molecule has 0 radical (unpaired) electrons. The normalized spacial score (nSPS) is 15.7. The van der Waals surface area contributed by atoms with Crippen LogP contribution < -0.4 is 10.2 Å². The van der Waals surface area contributed by atoms with E-state index in [0.29, 0.717) is 27.6 Å². The van der Waals surface area contributed by atoms with Crippen molar-refractivity contribution in [2.75, 3.05) is 10.2 Å². The van der Waals surface area contributed by atoms with E-state index < -0.39 is 11.8 Å². The standard InChI is InChI=1S/C25H20ClN3O3S/c26-20-14-15(11-12-21(20)29-24(31)17-8-3-4-9-18(17)25(29)32)28-22(30)19-10-5-13-27-23(19)33-16-6-1-2-7-16/h3-5,8-14,16H,1-2,6-7H2,(H,28,30). The van der Waals surface area contributed by atoms with E-state index in [-0.39, 0.29) is 16.6 Å². The van der Waals surface area contributed by atoms with Crippen molar-refractivity contribution in [3.8, 4) is 0 Å². The van der Waals surface area contributed by atoms with Gasteiger partial charge < -0.3 is 5.32 Å². The summed E-state index contributed by atoms with van der Waals surface area (Å²) in [5, 5.41) is 4.25. The lowest BCUT2D eigenvalue weighted by Crippen LogP contribution is -2.29. The summed E-state index contributed by atoms with van der Waals surface area (Å²) in [5.74, 6) is -1.12. The van der Waals surface area contributed by atoms with Crippen LogP contribution in [0.5, 0.6) is 0 Å². The number of fused-ring (bicyclic) bond motifs is 1. The zero-order chi connectivity index (χ0) is 22.9. The lowest BCUT2D eigenvalue weighted by molar-refractivity contribution is 0.0924. The summed E-state index contributed by atoms with van der Waals surface area (Å²) in [7, 11) is 0. The van der Waals surface area contributed by atoms with Gasteiger partial charge in [-0.2, -0.15) is 0 Å². The van der Waals surface area contributed by atoms with Crippen molar-refractivity contribution in [3.05, 3.63) is 82.5 Å². The molecule has 0 unspecified atom stereocenters. The van der Waals surface area contributed by atoms with E-state index in [4.69, 9.17) is 11.6 Å². The number of halogens is 1. The average molecular weight is 478 g/mol. The first-order chi connectivity index (χ1) is 16.0. The van der Waals surface area contributed by atoms with Gasteiger partial charge in [-0.1, -0.05) is 36.6 Å². The van der Waals surface area contributed by atoms with E-state index in [1.807, 2.05) is 0 Å². The number of carbonyl (C=O) groups is 3. The van der Waals surface area contributed by atoms with E-state index >= 15 is 0 Å². The van der Waals surface area contributed by atoms with Gasteiger partial charge >= 0.3 is 0 Å². The first kappa shape index (κ1) is 21.7. The maximum atomic E-state index is 13.0. The van der Waals surface area contributed by atoms with Gasteiger partial charge in [-0.05, 0) is 55.3 Å². The van der Waals surface area contributed by atoms with Gasteiger partial charge in [0.05, 0.1) is 27.4 Å². The molecule has 5 rings (SSSR count). The Morgan fingerprint density at radius 2 is 1.70 bits per heavy atom. The summed E-state index contributed by atoms with van der Waals surface area (Å²) >= 11 is 8.10. The second kappa shape index (κ2) is 9.00. The van der Waals surface area contributed by atoms with Gasteiger partial charge in [0.15, 0.2) is 0 Å². The third-order valence-corrected chi connectivity index (χ3v) is 7.49. The molecule has 2 aromatic carbocycles. The molecule has 8 heteroatoms. The van der Waals surface area contributed by atoms with Crippen LogP contribution in [0, 0.1) is 0 Å². The number of hydrogen-bond acceptors (Lipinski definition) is 5. The lowest BCUT2D eigenvalue weighted by Gasteiger charge is -2.17. The van der Waals surface area contributed by atoms with Crippen molar-refractivity contribution in [1.82, 2.24) is 4.98 Å². The van der Waals surface area contributed by atoms with Gasteiger partial charge in [0.2, 0.25) is 0 Å². The highest BCUT2D eigenvalue weighted by Crippen LogP contribution is 2.37. The Labute approximate surface area is 200 Å². The summed E-state index contributed by atoms with van der Waals surface area (Å²) in [4.78, 5) is 44.0. The fourth-order valence-electron chi connectivity index (χ4n) is 4.19. The van der Waals surface area contributed by atoms with Crippen LogP contribution in [0.15, 0.2) is 65.8 Å². The summed E-state index contributed by atoms with van der Waals surface area (Å²) in [5.41, 5.74) is 1.94. The van der Waals surface area contributed by atoms with Crippen molar-refractivity contribution in [1.29, 1.82) is 0 Å². The SMILES string of the molecule is O=C(Nc1ccc(N2C(=O)c3ccccc3C2=O)c(Cl)c1)c1cccnc1SC1CCCC1. The number of nitrogens with one attached hydrogen (secondary N) is 1. The number of amides is 3. The van der Waals surface area contributed by atoms with Crippen LogP contribution in [-0.2, 0) is 0 Å². The molecular formula is C25H20ClN3O3S. The molecule has 0 atom stereocenters. The molecule has 3 aromatic rings. The molecule has 33 heavy (non-hydrogen) atoms. The molecular weight excluding hydrogens is 458 g/mol. The van der Waals surface area contributed by atoms with E-state index in [9.17, 15) is 14.4 Å². The Bertz CT molecular complexity index is 1240. The monoisotopic (exact) mass is 477 g/mol. The average Bonchev–Trinajstić information content (AvgIpc) is 3.41. The lowest BCUT2D eigenvalue weighted by atomic mass is 10.1. The number of pyridine rings is 1. The van der Waals surface area contributed by atoms with Crippen LogP contribution in [0.3, 0.4) is 0 Å². The Morgan fingerprint density at radius 3 is 2.36 bits per heavy atom. The van der Waals surface area contributed by atoms with Gasteiger partial charge in [-0.15, -0.1) is 11.8 Å². The maximum absolute atomic E-state index is 13.0. The van der Waals surface area contributed by atoms with E-state index in [0.717, 1.165) is 22.8 Å². The first-order valence-corrected chi connectivity index (χ1v) is 12.0. The number of nitrogens with zero attached hydrogens (tertiary/aromatic N) is 2. The number of aromatic nitrogens is 1. The quantitative estimate of drug-likeness (QED) is 0.468. The largest absolute Gasteiger partial charge is 0.322 e. The van der Waals surface area contributed by atoms with Gasteiger partial charge in [-0.25, -0.2) is 9.88 Å². The first-order valence-electron chi connectivity index (χ1n) is 10.7. The van der Waals surface area contributed by atoms with Crippen LogP contribution >= 0.6 is 23.4 Å². The van der Waals surface area contributed by atoms with Gasteiger partial charge in [0.1, 0.15) is 5.03 Å². The summed E-state index contributed by atoms with van der Waals surface area (Å²) in [6.07, 6.45) is 6.39. The van der Waals surface area contributed by atoms with Crippen LogP contribution in [0.2, 0.25) is 5.02 Å². The third kappa shape index (κ3) is 4.14. The molecule has 0 spiro atoms. The van der Waals surface area contributed by atoms with Crippen LogP contribution in [0.4, 0.5) is 11.4 Å². The molecule has 2 heterocycles. The minimum Gasteiger partial charge on any atom is -0.322 e.